The van der Waals surface area contributed by atoms with Gasteiger partial charge in [0.25, 0.3) is 0 Å². The van der Waals surface area contributed by atoms with Gasteiger partial charge < -0.3 is 10.1 Å². The number of benzene rings is 2. The summed E-state index contributed by atoms with van der Waals surface area (Å²) in [5.41, 5.74) is 1.20. The maximum Gasteiger partial charge on any atom is 0.179 e. The van der Waals surface area contributed by atoms with E-state index in [2.05, 4.69) is 4.98 Å². The van der Waals surface area contributed by atoms with E-state index in [0.717, 1.165) is 23.1 Å². The minimum atomic E-state index is -3.87. The van der Waals surface area contributed by atoms with Crippen molar-refractivity contribution in [3.8, 4) is 0 Å². The number of sulfone groups is 1. The molecule has 2 aromatic carbocycles. The van der Waals surface area contributed by atoms with Crippen LogP contribution in [0.1, 0.15) is 11.1 Å². The molecular weight excluding hydrogens is 336 g/mol. The molecule has 3 aromatic rings. The largest absolute Gasteiger partial charge is 0.507 e. The number of para-hydroxylation sites is 1. The van der Waals surface area contributed by atoms with Crippen molar-refractivity contribution in [3.63, 3.8) is 0 Å². The van der Waals surface area contributed by atoms with Crippen molar-refractivity contribution in [2.45, 2.75) is 5.75 Å². The zero-order valence-electron chi connectivity index (χ0n) is 12.3. The summed E-state index contributed by atoms with van der Waals surface area (Å²) in [6, 6.07) is 9.99. The number of hydrogen-bond acceptors (Lipinski definition) is 3. The molecule has 2 N–H and O–H groups in total. The van der Waals surface area contributed by atoms with Crippen molar-refractivity contribution in [2.75, 3.05) is 0 Å². The van der Waals surface area contributed by atoms with Gasteiger partial charge in [-0.3, -0.25) is 0 Å². The van der Waals surface area contributed by atoms with Crippen molar-refractivity contribution in [2.24, 2.45) is 0 Å². The van der Waals surface area contributed by atoms with E-state index < -0.39 is 33.0 Å². The average Bonchev–Trinajstić information content (AvgIpc) is 2.94. The number of rotatable bonds is 4. The number of nitrogens with one attached hydrogen (secondary N) is 1. The zero-order chi connectivity index (χ0) is 17.3. The van der Waals surface area contributed by atoms with Crippen LogP contribution in [0.3, 0.4) is 0 Å². The molecule has 0 radical (unpaired) electrons. The van der Waals surface area contributed by atoms with Gasteiger partial charge >= 0.3 is 0 Å². The fraction of sp³-hybridized carbons (Fsp3) is 0.0588. The molecule has 0 unspecified atom stereocenters. The lowest BCUT2D eigenvalue weighted by molar-refractivity contribution is 0.507. The first-order chi connectivity index (χ1) is 11.4. The third-order valence-electron chi connectivity index (χ3n) is 3.51. The van der Waals surface area contributed by atoms with E-state index in [1.807, 2.05) is 6.07 Å². The predicted octanol–water partition coefficient (Wildman–Crippen LogP) is 3.92. The molecule has 0 spiro atoms. The molecular formula is C17H13F2NO3S. The Kier molecular flexibility index (Phi) is 4.11. The van der Waals surface area contributed by atoms with Crippen LogP contribution in [0.2, 0.25) is 0 Å². The van der Waals surface area contributed by atoms with Crippen LogP contribution >= 0.6 is 0 Å². The fourth-order valence-electron chi connectivity index (χ4n) is 2.42. The second-order valence-corrected chi connectivity index (χ2v) is 7.16. The molecule has 0 saturated heterocycles. The molecule has 0 atom stereocenters. The third kappa shape index (κ3) is 3.30. The van der Waals surface area contributed by atoms with Crippen molar-refractivity contribution in [1.82, 2.24) is 4.98 Å². The van der Waals surface area contributed by atoms with Gasteiger partial charge in [-0.05, 0) is 23.8 Å². The quantitative estimate of drug-likeness (QED) is 0.702. The molecule has 0 aliphatic rings. The van der Waals surface area contributed by atoms with Gasteiger partial charge in [0.15, 0.2) is 21.5 Å². The lowest BCUT2D eigenvalue weighted by atomic mass is 10.1. The molecule has 0 amide bonds. The zero-order valence-corrected chi connectivity index (χ0v) is 13.1. The fourth-order valence-corrected chi connectivity index (χ4v) is 3.62. The molecule has 0 aliphatic heterocycles. The maximum absolute atomic E-state index is 13.2. The summed E-state index contributed by atoms with van der Waals surface area (Å²) in [6.45, 7) is 0. The highest BCUT2D eigenvalue weighted by Gasteiger charge is 2.15. The van der Waals surface area contributed by atoms with Gasteiger partial charge in [0, 0.05) is 22.7 Å². The smallest absolute Gasteiger partial charge is 0.179 e. The second-order valence-electron chi connectivity index (χ2n) is 5.31. The van der Waals surface area contributed by atoms with Crippen LogP contribution in [0.25, 0.3) is 16.7 Å². The summed E-state index contributed by atoms with van der Waals surface area (Å²) >= 11 is 0. The van der Waals surface area contributed by atoms with Gasteiger partial charge in [0.1, 0.15) is 5.76 Å². The average molecular weight is 349 g/mol. The molecule has 7 heteroatoms. The summed E-state index contributed by atoms with van der Waals surface area (Å²) in [5.74, 6) is -3.13. The highest BCUT2D eigenvalue weighted by molar-refractivity contribution is 7.93. The Morgan fingerprint density at radius 3 is 2.62 bits per heavy atom. The Bertz CT molecular complexity index is 1040. The Morgan fingerprint density at radius 1 is 1.12 bits per heavy atom. The first-order valence-electron chi connectivity index (χ1n) is 6.99. The third-order valence-corrected chi connectivity index (χ3v) is 4.83. The van der Waals surface area contributed by atoms with Crippen LogP contribution in [0, 0.1) is 11.6 Å². The molecule has 1 aromatic heterocycles. The summed E-state index contributed by atoms with van der Waals surface area (Å²) in [5, 5.41) is 11.5. The van der Waals surface area contributed by atoms with E-state index >= 15 is 0 Å². The highest BCUT2D eigenvalue weighted by atomic mass is 32.2. The Balaban J connectivity index is 1.92. The lowest BCUT2D eigenvalue weighted by Crippen LogP contribution is -2.02. The van der Waals surface area contributed by atoms with Crippen LogP contribution in [-0.4, -0.2) is 18.5 Å². The lowest BCUT2D eigenvalue weighted by Gasteiger charge is -2.03. The van der Waals surface area contributed by atoms with E-state index in [-0.39, 0.29) is 5.56 Å². The Hall–Kier alpha value is -2.67. The molecule has 0 bridgehead atoms. The number of fused-ring (bicyclic) bond motifs is 1. The van der Waals surface area contributed by atoms with Crippen molar-refractivity contribution < 1.29 is 22.3 Å². The summed E-state index contributed by atoms with van der Waals surface area (Å²) in [4.78, 5) is 2.93. The predicted molar refractivity (Wildman–Crippen MR) is 87.9 cm³/mol. The van der Waals surface area contributed by atoms with E-state index in [4.69, 9.17) is 0 Å². The first-order valence-corrected chi connectivity index (χ1v) is 8.71. The van der Waals surface area contributed by atoms with Crippen molar-refractivity contribution in [3.05, 3.63) is 76.8 Å². The summed E-state index contributed by atoms with van der Waals surface area (Å²) in [7, 11) is -3.87. The molecule has 1 heterocycles. The minimum absolute atomic E-state index is 0.0943. The van der Waals surface area contributed by atoms with E-state index in [1.165, 1.54) is 12.3 Å². The van der Waals surface area contributed by atoms with Gasteiger partial charge in [0.05, 0.1) is 11.2 Å². The SMILES string of the molecule is O=S(=O)(C=C(O)c1c[nH]c2ccccc12)Cc1ccc(F)c(F)c1. The van der Waals surface area contributed by atoms with E-state index in [0.29, 0.717) is 10.9 Å². The monoisotopic (exact) mass is 349 g/mol. The van der Waals surface area contributed by atoms with Gasteiger partial charge in [-0.15, -0.1) is 0 Å². The second kappa shape index (κ2) is 6.09. The molecule has 0 fully saturated rings. The van der Waals surface area contributed by atoms with Crippen molar-refractivity contribution >= 4 is 26.5 Å². The standard InChI is InChI=1S/C17H13F2NO3S/c18-14-6-5-11(7-15(14)19)9-24(22,23)10-17(21)13-8-20-16-4-2-1-3-12(13)16/h1-8,10,20-21H,9H2. The van der Waals surface area contributed by atoms with Gasteiger partial charge in [-0.1, -0.05) is 24.3 Å². The molecule has 24 heavy (non-hydrogen) atoms. The van der Waals surface area contributed by atoms with Gasteiger partial charge in [-0.2, -0.15) is 0 Å². The summed E-state index contributed by atoms with van der Waals surface area (Å²) < 4.78 is 50.4. The van der Waals surface area contributed by atoms with E-state index in [1.54, 1.807) is 18.2 Å². The first kappa shape index (κ1) is 16.2. The number of hydrogen-bond donors (Lipinski definition) is 2. The number of H-pyrrole nitrogens is 1. The number of halogens is 2. The van der Waals surface area contributed by atoms with E-state index in [9.17, 15) is 22.3 Å². The van der Waals surface area contributed by atoms with Crippen LogP contribution in [0.4, 0.5) is 8.78 Å². The molecule has 0 aliphatic carbocycles. The molecule has 4 nitrogen and oxygen atoms in total. The Labute approximate surface area is 137 Å². The number of aromatic nitrogens is 1. The van der Waals surface area contributed by atoms with Crippen LogP contribution < -0.4 is 0 Å². The van der Waals surface area contributed by atoms with Crippen LogP contribution in [0.5, 0.6) is 0 Å². The van der Waals surface area contributed by atoms with Crippen molar-refractivity contribution in [1.29, 1.82) is 0 Å². The number of aliphatic hydroxyl groups excluding tert-OH is 1. The van der Waals surface area contributed by atoms with Crippen LogP contribution in [-0.2, 0) is 15.6 Å². The normalized spacial score (nSPS) is 12.7. The molecule has 3 rings (SSSR count). The number of aromatic amines is 1. The topological polar surface area (TPSA) is 70.2 Å². The number of aliphatic hydroxyl groups is 1. The minimum Gasteiger partial charge on any atom is -0.507 e. The molecule has 124 valence electrons. The molecule has 0 saturated carbocycles. The maximum atomic E-state index is 13.2. The summed E-state index contributed by atoms with van der Waals surface area (Å²) in [6.07, 6.45) is 1.50. The highest BCUT2D eigenvalue weighted by Crippen LogP contribution is 2.24. The van der Waals surface area contributed by atoms with Gasteiger partial charge in [0.2, 0.25) is 0 Å². The van der Waals surface area contributed by atoms with Crippen LogP contribution in [0.15, 0.2) is 54.1 Å². The van der Waals surface area contributed by atoms with Gasteiger partial charge in [-0.25, -0.2) is 17.2 Å². The Morgan fingerprint density at radius 2 is 1.88 bits per heavy atom.